The fourth-order valence-electron chi connectivity index (χ4n) is 2.12. The van der Waals surface area contributed by atoms with Crippen LogP contribution in [-0.2, 0) is 0 Å². The van der Waals surface area contributed by atoms with E-state index in [-0.39, 0.29) is 0 Å². The Kier molecular flexibility index (Phi) is 7.67. The molecule has 0 heterocycles. The minimum absolute atomic E-state index is 0.606. The normalized spacial score (nSPS) is 16.2. The number of halogens is 2. The first kappa shape index (κ1) is 14.8. The third-order valence-electron chi connectivity index (χ3n) is 3.04. The Hall–Kier alpha value is -0.240. The summed E-state index contributed by atoms with van der Waals surface area (Å²) in [6.45, 7) is 1.24. The van der Waals surface area contributed by atoms with Crippen molar-refractivity contribution in [2.45, 2.75) is 32.1 Å². The van der Waals surface area contributed by atoms with E-state index in [1.54, 1.807) is 12.1 Å². The monoisotopic (exact) mass is 273 g/mol. The zero-order valence-corrected chi connectivity index (χ0v) is 11.9. The summed E-state index contributed by atoms with van der Waals surface area (Å²) >= 11 is 11.2. The average molecular weight is 274 g/mol. The predicted molar refractivity (Wildman–Crippen MR) is 77.0 cm³/mol. The van der Waals surface area contributed by atoms with Crippen molar-refractivity contribution < 1.29 is 0 Å². The van der Waals surface area contributed by atoms with E-state index in [0.717, 1.165) is 5.92 Å². The number of hydrogen-bond donors (Lipinski definition) is 1. The standard InChI is InChI=1S/C8H17N.C6H4Cl2/c1-9-7-8-5-3-2-4-6-8;7-5-3-1-2-4-6(5)8/h8-9H,2-7H2,1H3;1-4H. The number of nitrogens with one attached hydrogen (secondary N) is 1. The van der Waals surface area contributed by atoms with Gasteiger partial charge in [0.05, 0.1) is 10.0 Å². The number of hydrogen-bond acceptors (Lipinski definition) is 1. The van der Waals surface area contributed by atoms with Crippen LogP contribution in [0.4, 0.5) is 0 Å². The lowest BCUT2D eigenvalue weighted by Crippen LogP contribution is -2.20. The molecule has 1 aromatic rings. The summed E-state index contributed by atoms with van der Waals surface area (Å²) in [6.07, 6.45) is 7.32. The maximum atomic E-state index is 5.58. The second kappa shape index (κ2) is 8.79. The predicted octanol–water partition coefficient (Wildman–Crippen LogP) is 4.78. The first-order chi connectivity index (χ1) is 8.24. The van der Waals surface area contributed by atoms with Crippen molar-refractivity contribution in [2.75, 3.05) is 13.6 Å². The van der Waals surface area contributed by atoms with Crippen LogP contribution >= 0.6 is 23.2 Å². The minimum Gasteiger partial charge on any atom is -0.319 e. The van der Waals surface area contributed by atoms with Gasteiger partial charge in [-0.1, -0.05) is 54.6 Å². The van der Waals surface area contributed by atoms with Gasteiger partial charge in [-0.25, -0.2) is 0 Å². The molecular weight excluding hydrogens is 253 g/mol. The molecule has 0 saturated heterocycles. The van der Waals surface area contributed by atoms with Crippen LogP contribution in [0.5, 0.6) is 0 Å². The van der Waals surface area contributed by atoms with Crippen molar-refractivity contribution in [1.82, 2.24) is 5.32 Å². The molecule has 0 bridgehead atoms. The van der Waals surface area contributed by atoms with E-state index in [1.165, 1.54) is 38.6 Å². The van der Waals surface area contributed by atoms with Gasteiger partial charge in [-0.3, -0.25) is 0 Å². The molecule has 1 aliphatic carbocycles. The van der Waals surface area contributed by atoms with Crippen LogP contribution in [0, 0.1) is 5.92 Å². The molecule has 0 radical (unpaired) electrons. The first-order valence-corrected chi connectivity index (χ1v) is 7.04. The van der Waals surface area contributed by atoms with Crippen LogP contribution in [0.2, 0.25) is 10.0 Å². The minimum atomic E-state index is 0.606. The molecule has 0 unspecified atom stereocenters. The van der Waals surface area contributed by atoms with Crippen LogP contribution in [0.25, 0.3) is 0 Å². The van der Waals surface area contributed by atoms with E-state index in [1.807, 2.05) is 12.1 Å². The number of rotatable bonds is 2. The fraction of sp³-hybridized carbons (Fsp3) is 0.571. The smallest absolute Gasteiger partial charge is 0.0592 e. The summed E-state index contributed by atoms with van der Waals surface area (Å²) < 4.78 is 0. The van der Waals surface area contributed by atoms with Crippen molar-refractivity contribution in [2.24, 2.45) is 5.92 Å². The zero-order valence-electron chi connectivity index (χ0n) is 10.4. The van der Waals surface area contributed by atoms with Crippen LogP contribution in [0.1, 0.15) is 32.1 Å². The van der Waals surface area contributed by atoms with E-state index in [0.29, 0.717) is 10.0 Å². The lowest BCUT2D eigenvalue weighted by atomic mass is 9.89. The van der Waals surface area contributed by atoms with E-state index in [4.69, 9.17) is 23.2 Å². The highest BCUT2D eigenvalue weighted by Gasteiger charge is 2.11. The van der Waals surface area contributed by atoms with Gasteiger partial charge in [-0.15, -0.1) is 0 Å². The first-order valence-electron chi connectivity index (χ1n) is 6.28. The van der Waals surface area contributed by atoms with Gasteiger partial charge in [0, 0.05) is 0 Å². The highest BCUT2D eigenvalue weighted by molar-refractivity contribution is 6.41. The van der Waals surface area contributed by atoms with E-state index in [2.05, 4.69) is 12.4 Å². The Morgan fingerprint density at radius 1 is 1.06 bits per heavy atom. The molecule has 96 valence electrons. The zero-order chi connectivity index (χ0) is 12.5. The largest absolute Gasteiger partial charge is 0.319 e. The molecule has 1 aliphatic rings. The van der Waals surface area contributed by atoms with Crippen LogP contribution in [0.3, 0.4) is 0 Å². The Bertz CT molecular complexity index is 285. The SMILES string of the molecule is CNCC1CCCCC1.Clc1ccccc1Cl. The van der Waals surface area contributed by atoms with Gasteiger partial charge < -0.3 is 5.32 Å². The Balaban J connectivity index is 0.000000171. The Morgan fingerprint density at radius 3 is 2.00 bits per heavy atom. The van der Waals surface area contributed by atoms with Gasteiger partial charge >= 0.3 is 0 Å². The maximum absolute atomic E-state index is 5.58. The molecule has 1 N–H and O–H groups in total. The van der Waals surface area contributed by atoms with Crippen molar-refractivity contribution in [3.8, 4) is 0 Å². The molecule has 1 aromatic carbocycles. The molecule has 2 rings (SSSR count). The fourth-order valence-corrected chi connectivity index (χ4v) is 2.39. The number of benzene rings is 1. The summed E-state index contributed by atoms with van der Waals surface area (Å²) in [5.41, 5.74) is 0. The summed E-state index contributed by atoms with van der Waals surface area (Å²) in [7, 11) is 2.05. The van der Waals surface area contributed by atoms with Crippen LogP contribution in [0.15, 0.2) is 24.3 Å². The molecule has 1 nitrogen and oxygen atoms in total. The molecule has 0 spiro atoms. The van der Waals surface area contributed by atoms with Gasteiger partial charge in [-0.2, -0.15) is 0 Å². The van der Waals surface area contributed by atoms with Crippen molar-refractivity contribution in [3.05, 3.63) is 34.3 Å². The third kappa shape index (κ3) is 6.30. The Morgan fingerprint density at radius 2 is 1.59 bits per heavy atom. The summed E-state index contributed by atoms with van der Waals surface area (Å²) in [5.74, 6) is 0.990. The highest BCUT2D eigenvalue weighted by atomic mass is 35.5. The Labute approximate surface area is 115 Å². The summed E-state index contributed by atoms with van der Waals surface area (Å²) in [4.78, 5) is 0. The van der Waals surface area contributed by atoms with Crippen molar-refractivity contribution in [3.63, 3.8) is 0 Å². The topological polar surface area (TPSA) is 12.0 Å². The van der Waals surface area contributed by atoms with Crippen LogP contribution < -0.4 is 5.32 Å². The van der Waals surface area contributed by atoms with Crippen LogP contribution in [-0.4, -0.2) is 13.6 Å². The third-order valence-corrected chi connectivity index (χ3v) is 3.80. The average Bonchev–Trinajstić information content (AvgIpc) is 2.36. The lowest BCUT2D eigenvalue weighted by Gasteiger charge is -2.20. The molecular formula is C14H21Cl2N. The second-order valence-electron chi connectivity index (χ2n) is 4.48. The van der Waals surface area contributed by atoms with Gasteiger partial charge in [0.15, 0.2) is 0 Å². The highest BCUT2D eigenvalue weighted by Crippen LogP contribution is 2.22. The van der Waals surface area contributed by atoms with Gasteiger partial charge in [0.1, 0.15) is 0 Å². The van der Waals surface area contributed by atoms with Gasteiger partial charge in [0.2, 0.25) is 0 Å². The molecule has 3 heteroatoms. The van der Waals surface area contributed by atoms with E-state index in [9.17, 15) is 0 Å². The summed E-state index contributed by atoms with van der Waals surface area (Å²) in [5, 5.41) is 4.45. The molecule has 1 saturated carbocycles. The molecule has 0 aromatic heterocycles. The molecule has 0 atom stereocenters. The second-order valence-corrected chi connectivity index (χ2v) is 5.29. The summed E-state index contributed by atoms with van der Waals surface area (Å²) in [6, 6.07) is 7.19. The molecule has 0 amide bonds. The quantitative estimate of drug-likeness (QED) is 0.818. The molecule has 0 aliphatic heterocycles. The molecule has 1 fully saturated rings. The lowest BCUT2D eigenvalue weighted by molar-refractivity contribution is 0.350. The van der Waals surface area contributed by atoms with Gasteiger partial charge in [0.25, 0.3) is 0 Å². The van der Waals surface area contributed by atoms with Crippen molar-refractivity contribution >= 4 is 23.2 Å². The van der Waals surface area contributed by atoms with Crippen molar-refractivity contribution in [1.29, 1.82) is 0 Å². The van der Waals surface area contributed by atoms with Gasteiger partial charge in [-0.05, 0) is 44.5 Å². The molecule has 17 heavy (non-hydrogen) atoms. The van der Waals surface area contributed by atoms with E-state index < -0.39 is 0 Å². The maximum Gasteiger partial charge on any atom is 0.0592 e. The van der Waals surface area contributed by atoms with E-state index >= 15 is 0 Å².